The molecule has 9 heteroatoms. The van der Waals surface area contributed by atoms with Gasteiger partial charge in [-0.3, -0.25) is 24.5 Å². The first-order valence-electron chi connectivity index (χ1n) is 10.4. The zero-order valence-corrected chi connectivity index (χ0v) is 17.4. The number of aliphatic carboxylic acids is 2. The van der Waals surface area contributed by atoms with E-state index in [-0.39, 0.29) is 13.0 Å². The molecule has 0 aliphatic carbocycles. The molecule has 0 rings (SSSR count). The van der Waals surface area contributed by atoms with Gasteiger partial charge in [0.2, 0.25) is 0 Å². The van der Waals surface area contributed by atoms with Gasteiger partial charge >= 0.3 is 23.9 Å². The summed E-state index contributed by atoms with van der Waals surface area (Å²) >= 11 is 0. The Morgan fingerprint density at radius 3 is 1.76 bits per heavy atom. The van der Waals surface area contributed by atoms with Crippen LogP contribution in [0, 0.1) is 0 Å². The van der Waals surface area contributed by atoms with Crippen LogP contribution in [0.5, 0.6) is 0 Å². The standard InChI is InChI=1S/C20H36N2O7/c1-2-3-4-5-6-7-8-9-10-11-18(27)29-19(28)14-22-20(15-21,12-16(23)24)13-17(25)26/h22H,2-15,21H2,1H3,(H,23,24)(H,25,26). The maximum absolute atomic E-state index is 11.8. The third-order valence-corrected chi connectivity index (χ3v) is 4.69. The molecule has 29 heavy (non-hydrogen) atoms. The minimum absolute atomic E-state index is 0.133. The highest BCUT2D eigenvalue weighted by atomic mass is 16.6. The molecule has 0 bridgehead atoms. The number of unbranched alkanes of at least 4 members (excludes halogenated alkanes) is 8. The summed E-state index contributed by atoms with van der Waals surface area (Å²) in [5.74, 6) is -4.04. The first-order chi connectivity index (χ1) is 13.7. The van der Waals surface area contributed by atoms with Crippen molar-refractivity contribution in [2.45, 2.75) is 89.5 Å². The van der Waals surface area contributed by atoms with Gasteiger partial charge in [-0.2, -0.15) is 0 Å². The van der Waals surface area contributed by atoms with Gasteiger partial charge in [-0.1, -0.05) is 58.3 Å². The Labute approximate surface area is 172 Å². The number of carbonyl (C=O) groups is 4. The Hall–Kier alpha value is -2.00. The van der Waals surface area contributed by atoms with Crippen LogP contribution in [0.3, 0.4) is 0 Å². The van der Waals surface area contributed by atoms with E-state index < -0.39 is 48.8 Å². The van der Waals surface area contributed by atoms with Crippen LogP contribution in [0.2, 0.25) is 0 Å². The minimum atomic E-state index is -1.49. The smallest absolute Gasteiger partial charge is 0.327 e. The number of nitrogens with one attached hydrogen (secondary N) is 1. The lowest BCUT2D eigenvalue weighted by Gasteiger charge is -2.30. The Bertz CT molecular complexity index is 507. The van der Waals surface area contributed by atoms with Crippen molar-refractivity contribution in [3.05, 3.63) is 0 Å². The van der Waals surface area contributed by atoms with Gasteiger partial charge < -0.3 is 20.7 Å². The van der Waals surface area contributed by atoms with Crippen molar-refractivity contribution in [1.29, 1.82) is 0 Å². The summed E-state index contributed by atoms with van der Waals surface area (Å²) in [6, 6.07) is 0. The van der Waals surface area contributed by atoms with Crippen LogP contribution < -0.4 is 11.1 Å². The average molecular weight is 417 g/mol. The monoisotopic (exact) mass is 416 g/mol. The van der Waals surface area contributed by atoms with Gasteiger partial charge in [0.1, 0.15) is 0 Å². The van der Waals surface area contributed by atoms with E-state index in [1.54, 1.807) is 0 Å². The Balaban J connectivity index is 4.10. The van der Waals surface area contributed by atoms with E-state index in [1.165, 1.54) is 32.1 Å². The van der Waals surface area contributed by atoms with E-state index in [2.05, 4.69) is 12.2 Å². The van der Waals surface area contributed by atoms with E-state index in [1.807, 2.05) is 0 Å². The highest BCUT2D eigenvalue weighted by Crippen LogP contribution is 2.15. The van der Waals surface area contributed by atoms with Crippen LogP contribution in [0.25, 0.3) is 0 Å². The molecule has 9 nitrogen and oxygen atoms in total. The predicted molar refractivity (Wildman–Crippen MR) is 107 cm³/mol. The summed E-state index contributed by atoms with van der Waals surface area (Å²) in [5.41, 5.74) is 4.03. The molecule has 0 amide bonds. The fourth-order valence-electron chi connectivity index (χ4n) is 3.04. The summed E-state index contributed by atoms with van der Waals surface area (Å²) in [7, 11) is 0. The topological polar surface area (TPSA) is 156 Å². The molecular formula is C20H36N2O7. The number of carboxylic acid groups (broad SMARTS) is 2. The molecule has 0 aromatic heterocycles. The third-order valence-electron chi connectivity index (χ3n) is 4.69. The molecule has 0 aliphatic rings. The number of hydrogen-bond donors (Lipinski definition) is 4. The van der Waals surface area contributed by atoms with Crippen molar-refractivity contribution in [1.82, 2.24) is 5.32 Å². The number of carboxylic acids is 2. The number of ether oxygens (including phenoxy) is 1. The second-order valence-electron chi connectivity index (χ2n) is 7.40. The summed E-state index contributed by atoms with van der Waals surface area (Å²) in [6.45, 7) is 1.38. The van der Waals surface area contributed by atoms with Crippen molar-refractivity contribution in [2.24, 2.45) is 5.73 Å². The van der Waals surface area contributed by atoms with Crippen LogP contribution in [-0.2, 0) is 23.9 Å². The third kappa shape index (κ3) is 14.6. The zero-order valence-electron chi connectivity index (χ0n) is 17.4. The predicted octanol–water partition coefficient (Wildman–Crippen LogP) is 2.21. The largest absolute Gasteiger partial charge is 0.481 e. The molecule has 0 aliphatic heterocycles. The molecule has 0 fully saturated rings. The molecule has 0 atom stereocenters. The van der Waals surface area contributed by atoms with E-state index in [0.29, 0.717) is 6.42 Å². The van der Waals surface area contributed by atoms with Crippen molar-refractivity contribution >= 4 is 23.9 Å². The SMILES string of the molecule is CCCCCCCCCCCC(=O)OC(=O)CNC(CN)(CC(=O)O)CC(=O)O. The second-order valence-corrected chi connectivity index (χ2v) is 7.40. The molecule has 168 valence electrons. The highest BCUT2D eigenvalue weighted by Gasteiger charge is 2.34. The van der Waals surface area contributed by atoms with Gasteiger partial charge in [-0.25, -0.2) is 0 Å². The molecule has 0 heterocycles. The number of nitrogens with two attached hydrogens (primary N) is 1. The maximum atomic E-state index is 11.8. The van der Waals surface area contributed by atoms with Gasteiger partial charge in [0, 0.05) is 13.0 Å². The summed E-state index contributed by atoms with van der Waals surface area (Å²) in [5, 5.41) is 20.5. The zero-order chi connectivity index (χ0) is 22.1. The van der Waals surface area contributed by atoms with Crippen LogP contribution >= 0.6 is 0 Å². The molecule has 0 radical (unpaired) electrons. The molecule has 0 unspecified atom stereocenters. The molecule has 0 spiro atoms. The maximum Gasteiger partial charge on any atom is 0.327 e. The fourth-order valence-corrected chi connectivity index (χ4v) is 3.04. The van der Waals surface area contributed by atoms with Gasteiger partial charge in [0.15, 0.2) is 0 Å². The van der Waals surface area contributed by atoms with Crippen LogP contribution in [-0.4, -0.2) is 52.7 Å². The Kier molecular flexibility index (Phi) is 14.8. The van der Waals surface area contributed by atoms with E-state index >= 15 is 0 Å². The average Bonchev–Trinajstić information content (AvgIpc) is 2.64. The van der Waals surface area contributed by atoms with E-state index in [4.69, 9.17) is 20.7 Å². The lowest BCUT2D eigenvalue weighted by atomic mass is 9.91. The Morgan fingerprint density at radius 1 is 0.828 bits per heavy atom. The van der Waals surface area contributed by atoms with Gasteiger partial charge in [0.25, 0.3) is 0 Å². The van der Waals surface area contributed by atoms with Crippen LogP contribution in [0.4, 0.5) is 0 Å². The molecular weight excluding hydrogens is 380 g/mol. The molecule has 0 aromatic carbocycles. The highest BCUT2D eigenvalue weighted by molar-refractivity contribution is 5.86. The number of carbonyl (C=O) groups excluding carboxylic acids is 2. The normalized spacial score (nSPS) is 11.2. The minimum Gasteiger partial charge on any atom is -0.481 e. The number of rotatable bonds is 18. The first kappa shape index (κ1) is 27.0. The van der Waals surface area contributed by atoms with Gasteiger partial charge in [0.05, 0.1) is 24.9 Å². The quantitative estimate of drug-likeness (QED) is 0.149. The van der Waals surface area contributed by atoms with Crippen molar-refractivity contribution in [3.63, 3.8) is 0 Å². The summed E-state index contributed by atoms with van der Waals surface area (Å²) < 4.78 is 4.70. The van der Waals surface area contributed by atoms with Crippen molar-refractivity contribution in [2.75, 3.05) is 13.1 Å². The summed E-state index contributed by atoms with van der Waals surface area (Å²) in [6.07, 6.45) is 8.89. The van der Waals surface area contributed by atoms with E-state index in [0.717, 1.165) is 19.3 Å². The fraction of sp³-hybridized carbons (Fsp3) is 0.800. The lowest BCUT2D eigenvalue weighted by Crippen LogP contribution is -2.55. The molecule has 0 saturated heterocycles. The number of hydrogen-bond acceptors (Lipinski definition) is 7. The summed E-state index contributed by atoms with van der Waals surface area (Å²) in [4.78, 5) is 45.5. The lowest BCUT2D eigenvalue weighted by molar-refractivity contribution is -0.160. The van der Waals surface area contributed by atoms with Crippen molar-refractivity contribution in [3.8, 4) is 0 Å². The molecule has 5 N–H and O–H groups in total. The van der Waals surface area contributed by atoms with Gasteiger partial charge in [-0.05, 0) is 6.42 Å². The van der Waals surface area contributed by atoms with E-state index in [9.17, 15) is 19.2 Å². The molecule has 0 aromatic rings. The Morgan fingerprint density at radius 2 is 1.31 bits per heavy atom. The van der Waals surface area contributed by atoms with Crippen molar-refractivity contribution < 1.29 is 34.1 Å². The number of esters is 2. The van der Waals surface area contributed by atoms with Crippen LogP contribution in [0.1, 0.15) is 84.0 Å². The molecule has 0 saturated carbocycles. The van der Waals surface area contributed by atoms with Gasteiger partial charge in [-0.15, -0.1) is 0 Å². The second kappa shape index (κ2) is 15.9. The first-order valence-corrected chi connectivity index (χ1v) is 10.4. The van der Waals surface area contributed by atoms with Crippen LogP contribution in [0.15, 0.2) is 0 Å².